The van der Waals surface area contributed by atoms with E-state index in [4.69, 9.17) is 10.5 Å². The molecule has 1 atom stereocenters. The summed E-state index contributed by atoms with van der Waals surface area (Å²) in [6, 6.07) is 8.94. The van der Waals surface area contributed by atoms with Gasteiger partial charge in [-0.1, -0.05) is 31.2 Å². The van der Waals surface area contributed by atoms with Gasteiger partial charge in [-0.3, -0.25) is 0 Å². The lowest BCUT2D eigenvalue weighted by Gasteiger charge is -2.36. The molecule has 0 heterocycles. The van der Waals surface area contributed by atoms with Crippen LogP contribution in [0.25, 0.3) is 0 Å². The molecule has 1 aliphatic rings. The molecule has 1 aromatic carbocycles. The van der Waals surface area contributed by atoms with Crippen molar-refractivity contribution in [3.8, 4) is 0 Å². The number of ether oxygens (including phenoxy) is 1. The Morgan fingerprint density at radius 2 is 1.89 bits per heavy atom. The monoisotopic (exact) mass is 247 g/mol. The lowest BCUT2D eigenvalue weighted by Crippen LogP contribution is -2.33. The van der Waals surface area contributed by atoms with Crippen LogP contribution in [0.15, 0.2) is 24.3 Å². The molecule has 1 aliphatic carbocycles. The van der Waals surface area contributed by atoms with Crippen molar-refractivity contribution in [1.82, 2.24) is 0 Å². The second-order valence-corrected chi connectivity index (χ2v) is 5.35. The van der Waals surface area contributed by atoms with Crippen LogP contribution in [0.3, 0.4) is 0 Å². The van der Waals surface area contributed by atoms with Crippen LogP contribution in [-0.2, 0) is 11.2 Å². The van der Waals surface area contributed by atoms with Gasteiger partial charge >= 0.3 is 0 Å². The van der Waals surface area contributed by atoms with E-state index in [1.54, 1.807) is 0 Å². The van der Waals surface area contributed by atoms with Crippen LogP contribution in [0.5, 0.6) is 0 Å². The molecule has 1 fully saturated rings. The van der Waals surface area contributed by atoms with Crippen molar-refractivity contribution in [3.63, 3.8) is 0 Å². The predicted octanol–water partition coefficient (Wildman–Crippen LogP) is 3.45. The van der Waals surface area contributed by atoms with Crippen molar-refractivity contribution in [2.75, 3.05) is 6.61 Å². The van der Waals surface area contributed by atoms with Gasteiger partial charge < -0.3 is 10.5 Å². The van der Waals surface area contributed by atoms with Crippen LogP contribution in [-0.4, -0.2) is 12.7 Å². The van der Waals surface area contributed by atoms with Gasteiger partial charge in [0.05, 0.1) is 6.10 Å². The molecule has 0 spiro atoms. The minimum absolute atomic E-state index is 0.184. The second-order valence-electron chi connectivity index (χ2n) is 5.35. The summed E-state index contributed by atoms with van der Waals surface area (Å²) in [6.07, 6.45) is 5.06. The number of hydrogen-bond acceptors (Lipinski definition) is 2. The molecule has 1 saturated carbocycles. The highest BCUT2D eigenvalue weighted by Crippen LogP contribution is 2.36. The average Bonchev–Trinajstić information content (AvgIpc) is 2.36. The fraction of sp³-hybridized carbons (Fsp3) is 0.625. The molecule has 18 heavy (non-hydrogen) atoms. The molecular weight excluding hydrogens is 222 g/mol. The molecule has 0 aromatic heterocycles. The third-order valence-electron chi connectivity index (χ3n) is 4.00. The van der Waals surface area contributed by atoms with Gasteiger partial charge in [-0.15, -0.1) is 0 Å². The first kappa shape index (κ1) is 13.6. The fourth-order valence-corrected chi connectivity index (χ4v) is 2.73. The molecule has 100 valence electrons. The molecule has 2 heteroatoms. The van der Waals surface area contributed by atoms with Gasteiger partial charge in [0.25, 0.3) is 0 Å². The van der Waals surface area contributed by atoms with E-state index in [2.05, 4.69) is 38.1 Å². The Labute approximate surface area is 111 Å². The zero-order valence-corrected chi connectivity index (χ0v) is 11.6. The Hall–Kier alpha value is -0.860. The smallest absolute Gasteiger partial charge is 0.0580 e. The van der Waals surface area contributed by atoms with Crippen LogP contribution in [0.4, 0.5) is 0 Å². The van der Waals surface area contributed by atoms with E-state index in [-0.39, 0.29) is 6.04 Å². The molecule has 2 rings (SSSR count). The van der Waals surface area contributed by atoms with Gasteiger partial charge in [0.2, 0.25) is 0 Å². The topological polar surface area (TPSA) is 35.2 Å². The number of aryl methyl sites for hydroxylation is 1. The lowest BCUT2D eigenvalue weighted by atomic mass is 9.77. The minimum Gasteiger partial charge on any atom is -0.378 e. The Morgan fingerprint density at radius 3 is 2.44 bits per heavy atom. The third-order valence-corrected chi connectivity index (χ3v) is 4.00. The standard InChI is InChI=1S/C16H25NO/c1-3-12-5-7-14(8-6-12)16(17)11-13-9-15(10-13)18-4-2/h5-8,13,15-16H,3-4,9-11,17H2,1-2H3. The summed E-state index contributed by atoms with van der Waals surface area (Å²) in [4.78, 5) is 0. The lowest BCUT2D eigenvalue weighted by molar-refractivity contribution is -0.0282. The fourth-order valence-electron chi connectivity index (χ4n) is 2.73. The van der Waals surface area contributed by atoms with Gasteiger partial charge in [0.1, 0.15) is 0 Å². The van der Waals surface area contributed by atoms with Crippen molar-refractivity contribution >= 4 is 0 Å². The summed E-state index contributed by atoms with van der Waals surface area (Å²) in [5.41, 5.74) is 8.93. The summed E-state index contributed by atoms with van der Waals surface area (Å²) >= 11 is 0. The first-order valence-corrected chi connectivity index (χ1v) is 7.19. The van der Waals surface area contributed by atoms with Crippen LogP contribution in [0.2, 0.25) is 0 Å². The number of benzene rings is 1. The van der Waals surface area contributed by atoms with Crippen LogP contribution >= 0.6 is 0 Å². The average molecular weight is 247 g/mol. The maximum Gasteiger partial charge on any atom is 0.0580 e. The summed E-state index contributed by atoms with van der Waals surface area (Å²) in [5.74, 6) is 0.752. The Balaban J connectivity index is 1.79. The molecule has 0 bridgehead atoms. The molecule has 0 radical (unpaired) electrons. The third kappa shape index (κ3) is 3.33. The number of hydrogen-bond donors (Lipinski definition) is 1. The SMILES string of the molecule is CCOC1CC(CC(N)c2ccc(CC)cc2)C1. The van der Waals surface area contributed by atoms with E-state index < -0.39 is 0 Å². The van der Waals surface area contributed by atoms with E-state index in [9.17, 15) is 0 Å². The summed E-state index contributed by atoms with van der Waals surface area (Å²) in [7, 11) is 0. The van der Waals surface area contributed by atoms with E-state index in [1.807, 2.05) is 0 Å². The van der Waals surface area contributed by atoms with E-state index >= 15 is 0 Å². The van der Waals surface area contributed by atoms with Gasteiger partial charge in [-0.2, -0.15) is 0 Å². The Bertz CT molecular complexity index is 354. The first-order valence-electron chi connectivity index (χ1n) is 7.19. The van der Waals surface area contributed by atoms with E-state index in [1.165, 1.54) is 24.0 Å². The van der Waals surface area contributed by atoms with Crippen molar-refractivity contribution in [2.45, 2.75) is 51.7 Å². The Kier molecular flexibility index (Phi) is 4.79. The zero-order valence-electron chi connectivity index (χ0n) is 11.6. The van der Waals surface area contributed by atoms with Crippen molar-refractivity contribution in [1.29, 1.82) is 0 Å². The zero-order chi connectivity index (χ0) is 13.0. The summed E-state index contributed by atoms with van der Waals surface area (Å²) < 4.78 is 5.58. The van der Waals surface area contributed by atoms with Crippen molar-refractivity contribution in [2.24, 2.45) is 11.7 Å². The minimum atomic E-state index is 0.184. The first-order chi connectivity index (χ1) is 8.72. The van der Waals surface area contributed by atoms with E-state index in [0.29, 0.717) is 6.10 Å². The van der Waals surface area contributed by atoms with Gasteiger partial charge in [0.15, 0.2) is 0 Å². The molecule has 2 nitrogen and oxygen atoms in total. The largest absolute Gasteiger partial charge is 0.378 e. The van der Waals surface area contributed by atoms with Crippen LogP contribution in [0, 0.1) is 5.92 Å². The number of nitrogens with two attached hydrogens (primary N) is 1. The van der Waals surface area contributed by atoms with Crippen LogP contribution in [0.1, 0.15) is 50.3 Å². The molecule has 1 aromatic rings. The molecule has 0 saturated heterocycles. The normalized spacial score (nSPS) is 24.6. The highest BCUT2D eigenvalue weighted by Gasteiger charge is 2.30. The molecule has 1 unspecified atom stereocenters. The van der Waals surface area contributed by atoms with E-state index in [0.717, 1.165) is 25.4 Å². The summed E-state index contributed by atoms with van der Waals surface area (Å²) in [5, 5.41) is 0. The van der Waals surface area contributed by atoms with Crippen molar-refractivity contribution in [3.05, 3.63) is 35.4 Å². The maximum atomic E-state index is 6.28. The van der Waals surface area contributed by atoms with Gasteiger partial charge in [0, 0.05) is 12.6 Å². The highest BCUT2D eigenvalue weighted by molar-refractivity contribution is 5.24. The molecule has 0 aliphatic heterocycles. The maximum absolute atomic E-state index is 6.28. The highest BCUT2D eigenvalue weighted by atomic mass is 16.5. The van der Waals surface area contributed by atoms with Crippen molar-refractivity contribution < 1.29 is 4.74 Å². The second kappa shape index (κ2) is 6.35. The van der Waals surface area contributed by atoms with Gasteiger partial charge in [-0.25, -0.2) is 0 Å². The molecular formula is C16H25NO. The predicted molar refractivity (Wildman–Crippen MR) is 75.5 cm³/mol. The number of rotatable bonds is 6. The summed E-state index contributed by atoms with van der Waals surface area (Å²) in [6.45, 7) is 5.08. The molecule has 0 amide bonds. The Morgan fingerprint density at radius 1 is 1.22 bits per heavy atom. The van der Waals surface area contributed by atoms with Gasteiger partial charge in [-0.05, 0) is 49.7 Å². The van der Waals surface area contributed by atoms with Crippen LogP contribution < -0.4 is 5.73 Å². The quantitative estimate of drug-likeness (QED) is 0.835. The molecule has 2 N–H and O–H groups in total.